The first-order valence-corrected chi connectivity index (χ1v) is 5.25. The zero-order valence-corrected chi connectivity index (χ0v) is 10.4. The van der Waals surface area contributed by atoms with Crippen LogP contribution in [0.15, 0.2) is 16.6 Å². The number of ether oxygens (including phenoxy) is 2. The number of hydrogen-bond acceptors (Lipinski definition) is 3. The molecule has 6 heteroatoms. The lowest BCUT2D eigenvalue weighted by Gasteiger charge is -2.16. The Kier molecular flexibility index (Phi) is 4.49. The number of halogens is 3. The van der Waals surface area contributed by atoms with E-state index in [-0.39, 0.29) is 5.56 Å². The average Bonchev–Trinajstić information content (AvgIpc) is 2.27. The predicted molar refractivity (Wildman–Crippen MR) is 60.2 cm³/mol. The van der Waals surface area contributed by atoms with Gasteiger partial charge >= 0.3 is 0 Å². The van der Waals surface area contributed by atoms with Gasteiger partial charge in [0.1, 0.15) is 0 Å². The first-order chi connectivity index (χ1) is 7.51. The van der Waals surface area contributed by atoms with Gasteiger partial charge in [-0.05, 0) is 17.7 Å². The Morgan fingerprint density at radius 2 is 1.69 bits per heavy atom. The van der Waals surface area contributed by atoms with Crippen LogP contribution in [-0.2, 0) is 0 Å². The first kappa shape index (κ1) is 13.2. The molecular weight excluding hydrogens is 284 g/mol. The molecule has 0 bridgehead atoms. The van der Waals surface area contributed by atoms with Crippen molar-refractivity contribution in [3.05, 3.63) is 22.2 Å². The average molecular weight is 296 g/mol. The lowest BCUT2D eigenvalue weighted by Crippen LogP contribution is -2.19. The van der Waals surface area contributed by atoms with E-state index in [4.69, 9.17) is 15.2 Å². The maximum Gasteiger partial charge on any atom is 0.257 e. The normalized spacial score (nSPS) is 12.7. The monoisotopic (exact) mass is 295 g/mol. The first-order valence-electron chi connectivity index (χ1n) is 4.46. The van der Waals surface area contributed by atoms with Crippen molar-refractivity contribution in [1.82, 2.24) is 0 Å². The van der Waals surface area contributed by atoms with E-state index in [0.717, 1.165) is 0 Å². The second kappa shape index (κ2) is 5.45. The molecule has 1 aromatic carbocycles. The number of rotatable bonds is 4. The summed E-state index contributed by atoms with van der Waals surface area (Å²) in [6.45, 7) is 0. The van der Waals surface area contributed by atoms with E-state index in [2.05, 4.69) is 15.9 Å². The van der Waals surface area contributed by atoms with Crippen LogP contribution in [0.1, 0.15) is 11.6 Å². The van der Waals surface area contributed by atoms with E-state index in [1.165, 1.54) is 20.3 Å². The van der Waals surface area contributed by atoms with Gasteiger partial charge in [-0.2, -0.15) is 0 Å². The van der Waals surface area contributed by atoms with Crippen LogP contribution in [0.2, 0.25) is 0 Å². The highest BCUT2D eigenvalue weighted by Crippen LogP contribution is 2.36. The minimum Gasteiger partial charge on any atom is -0.493 e. The topological polar surface area (TPSA) is 44.5 Å². The lowest BCUT2D eigenvalue weighted by atomic mass is 10.1. The molecule has 0 unspecified atom stereocenters. The summed E-state index contributed by atoms with van der Waals surface area (Å²) in [4.78, 5) is 0. The summed E-state index contributed by atoms with van der Waals surface area (Å²) in [7, 11) is 2.90. The van der Waals surface area contributed by atoms with Gasteiger partial charge in [0.05, 0.1) is 20.3 Å². The van der Waals surface area contributed by atoms with E-state index in [1.807, 2.05) is 0 Å². The van der Waals surface area contributed by atoms with Gasteiger partial charge in [-0.25, -0.2) is 8.78 Å². The van der Waals surface area contributed by atoms with Crippen molar-refractivity contribution in [1.29, 1.82) is 0 Å². The zero-order chi connectivity index (χ0) is 12.3. The van der Waals surface area contributed by atoms with Crippen LogP contribution in [0.4, 0.5) is 8.78 Å². The molecular formula is C10H12BrF2NO2. The Labute approximate surface area is 101 Å². The van der Waals surface area contributed by atoms with Crippen LogP contribution < -0.4 is 15.2 Å². The Bertz CT molecular complexity index is 374. The molecule has 90 valence electrons. The summed E-state index contributed by atoms with van der Waals surface area (Å²) >= 11 is 3.17. The van der Waals surface area contributed by atoms with Crippen LogP contribution in [0.5, 0.6) is 11.5 Å². The summed E-state index contributed by atoms with van der Waals surface area (Å²) in [5, 5.41) is 0. The lowest BCUT2D eigenvalue weighted by molar-refractivity contribution is 0.116. The number of nitrogens with two attached hydrogens (primary N) is 1. The third-order valence-corrected chi connectivity index (χ3v) is 2.82. The van der Waals surface area contributed by atoms with E-state index in [0.29, 0.717) is 16.0 Å². The molecule has 0 amide bonds. The molecule has 0 aliphatic rings. The molecule has 0 saturated carbocycles. The fraction of sp³-hybridized carbons (Fsp3) is 0.400. The van der Waals surface area contributed by atoms with Gasteiger partial charge in [-0.1, -0.05) is 15.9 Å². The molecule has 0 saturated heterocycles. The summed E-state index contributed by atoms with van der Waals surface area (Å²) in [5.41, 5.74) is 5.66. The van der Waals surface area contributed by atoms with E-state index in [9.17, 15) is 8.78 Å². The maximum atomic E-state index is 12.5. The van der Waals surface area contributed by atoms with Crippen molar-refractivity contribution >= 4 is 15.9 Å². The quantitative estimate of drug-likeness (QED) is 0.929. The minimum absolute atomic E-state index is 0.285. The SMILES string of the molecule is COc1cc(Br)c([C@H](N)C(F)F)cc1OC. The molecule has 0 spiro atoms. The zero-order valence-electron chi connectivity index (χ0n) is 8.84. The largest absolute Gasteiger partial charge is 0.493 e. The van der Waals surface area contributed by atoms with Crippen molar-refractivity contribution in [2.75, 3.05) is 14.2 Å². The van der Waals surface area contributed by atoms with Crippen molar-refractivity contribution in [3.63, 3.8) is 0 Å². The molecule has 3 nitrogen and oxygen atoms in total. The fourth-order valence-corrected chi connectivity index (χ4v) is 1.85. The Morgan fingerprint density at radius 1 is 1.19 bits per heavy atom. The number of alkyl halides is 2. The second-order valence-corrected chi connectivity index (χ2v) is 3.94. The molecule has 16 heavy (non-hydrogen) atoms. The smallest absolute Gasteiger partial charge is 0.257 e. The van der Waals surface area contributed by atoms with Gasteiger partial charge < -0.3 is 15.2 Å². The van der Waals surface area contributed by atoms with Crippen LogP contribution in [-0.4, -0.2) is 20.6 Å². The predicted octanol–water partition coefficient (Wildman–Crippen LogP) is 2.73. The van der Waals surface area contributed by atoms with E-state index in [1.54, 1.807) is 6.07 Å². The van der Waals surface area contributed by atoms with Gasteiger partial charge in [0, 0.05) is 4.47 Å². The highest BCUT2D eigenvalue weighted by Gasteiger charge is 2.22. The van der Waals surface area contributed by atoms with Gasteiger partial charge in [0.15, 0.2) is 11.5 Å². The van der Waals surface area contributed by atoms with E-state index >= 15 is 0 Å². The summed E-state index contributed by atoms with van der Waals surface area (Å²) in [6.07, 6.45) is -2.63. The number of benzene rings is 1. The van der Waals surface area contributed by atoms with Gasteiger partial charge in [-0.3, -0.25) is 0 Å². The molecule has 1 aromatic rings. The molecule has 0 aliphatic heterocycles. The summed E-state index contributed by atoms with van der Waals surface area (Å²) < 4.78 is 35.5. The molecule has 0 aromatic heterocycles. The molecule has 0 aliphatic carbocycles. The van der Waals surface area contributed by atoms with Crippen molar-refractivity contribution in [2.45, 2.75) is 12.5 Å². The third-order valence-electron chi connectivity index (χ3n) is 2.13. The number of methoxy groups -OCH3 is 2. The van der Waals surface area contributed by atoms with Crippen molar-refractivity contribution < 1.29 is 18.3 Å². The number of hydrogen-bond donors (Lipinski definition) is 1. The molecule has 2 N–H and O–H groups in total. The third kappa shape index (κ3) is 2.62. The van der Waals surface area contributed by atoms with Gasteiger partial charge in [-0.15, -0.1) is 0 Å². The van der Waals surface area contributed by atoms with Crippen LogP contribution in [0.3, 0.4) is 0 Å². The van der Waals surface area contributed by atoms with Gasteiger partial charge in [0.2, 0.25) is 0 Å². The van der Waals surface area contributed by atoms with Crippen LogP contribution in [0, 0.1) is 0 Å². The van der Waals surface area contributed by atoms with E-state index < -0.39 is 12.5 Å². The van der Waals surface area contributed by atoms with Gasteiger partial charge in [0.25, 0.3) is 6.43 Å². The molecule has 0 heterocycles. The molecule has 0 radical (unpaired) electrons. The summed E-state index contributed by atoms with van der Waals surface area (Å²) in [5.74, 6) is 0.830. The van der Waals surface area contributed by atoms with Crippen molar-refractivity contribution in [3.8, 4) is 11.5 Å². The Morgan fingerprint density at radius 3 is 2.12 bits per heavy atom. The Hall–Kier alpha value is -0.880. The summed E-state index contributed by atoms with van der Waals surface area (Å²) in [6, 6.07) is 1.64. The maximum absolute atomic E-state index is 12.5. The van der Waals surface area contributed by atoms with Crippen molar-refractivity contribution in [2.24, 2.45) is 5.73 Å². The molecule has 1 atom stereocenters. The standard InChI is InChI=1S/C10H12BrF2NO2/c1-15-7-3-5(9(14)10(12)13)6(11)4-8(7)16-2/h3-4,9-10H,14H2,1-2H3/t9-/m0/s1. The fourth-order valence-electron chi connectivity index (χ4n) is 1.26. The minimum atomic E-state index is -2.63. The highest BCUT2D eigenvalue weighted by atomic mass is 79.9. The Balaban J connectivity index is 3.21. The molecule has 0 fully saturated rings. The van der Waals surface area contributed by atoms with Crippen LogP contribution >= 0.6 is 15.9 Å². The second-order valence-electron chi connectivity index (χ2n) is 3.09. The van der Waals surface area contributed by atoms with Crippen LogP contribution in [0.25, 0.3) is 0 Å². The molecule has 1 rings (SSSR count). The highest BCUT2D eigenvalue weighted by molar-refractivity contribution is 9.10.